The van der Waals surface area contributed by atoms with Crippen molar-refractivity contribution in [3.05, 3.63) is 0 Å². The van der Waals surface area contributed by atoms with Gasteiger partial charge in [0.2, 0.25) is 0 Å². The summed E-state index contributed by atoms with van der Waals surface area (Å²) in [6.07, 6.45) is 0. The third-order valence-electron chi connectivity index (χ3n) is 0.633. The molecular weight excluding hydrogens is 172 g/mol. The zero-order valence-corrected chi connectivity index (χ0v) is 6.56. The molecule has 0 fully saturated rings. The van der Waals surface area contributed by atoms with E-state index in [0.717, 1.165) is 0 Å². The first-order valence-corrected chi connectivity index (χ1v) is 3.36. The maximum atomic E-state index is 10.4. The van der Waals surface area contributed by atoms with Crippen molar-refractivity contribution in [1.82, 2.24) is 0 Å². The summed E-state index contributed by atoms with van der Waals surface area (Å²) in [7, 11) is 0. The van der Waals surface area contributed by atoms with Gasteiger partial charge in [-0.1, -0.05) is 0 Å². The van der Waals surface area contributed by atoms with Crippen molar-refractivity contribution in [3.8, 4) is 0 Å². The van der Waals surface area contributed by atoms with Crippen LogP contribution in [-0.2, 0) is 9.53 Å². The minimum atomic E-state index is -0.410. The van der Waals surface area contributed by atoms with Gasteiger partial charge in [-0.25, -0.2) is 0 Å². The van der Waals surface area contributed by atoms with E-state index in [9.17, 15) is 4.79 Å². The number of carbonyl (C=O) groups is 1. The highest BCUT2D eigenvalue weighted by Crippen LogP contribution is 2.01. The molecule has 0 radical (unpaired) electrons. The highest BCUT2D eigenvalue weighted by molar-refractivity contribution is 9.09. The molecule has 3 heteroatoms. The Hall–Kier alpha value is 0.110. The van der Waals surface area contributed by atoms with E-state index in [1.165, 1.54) is 6.92 Å². The van der Waals surface area contributed by atoms with Gasteiger partial charge in [-0.2, -0.15) is 0 Å². The van der Waals surface area contributed by atoms with Gasteiger partial charge in [0.25, 0.3) is 0 Å². The van der Waals surface area contributed by atoms with Crippen molar-refractivity contribution in [2.24, 2.45) is 0 Å². The maximum absolute atomic E-state index is 10.4. The Labute approximate surface area is 57.3 Å². The third-order valence-corrected chi connectivity index (χ3v) is 1.54. The topological polar surface area (TPSA) is 26.3 Å². The van der Waals surface area contributed by atoms with Gasteiger partial charge in [0.15, 0.2) is 10.8 Å². The van der Waals surface area contributed by atoms with Gasteiger partial charge < -0.3 is 4.74 Å². The van der Waals surface area contributed by atoms with Crippen molar-refractivity contribution in [2.75, 3.05) is 6.61 Å². The van der Waals surface area contributed by atoms with Gasteiger partial charge in [0.1, 0.15) is 0 Å². The molecule has 0 aliphatic heterocycles. The number of alkyl halides is 1. The summed E-state index contributed by atoms with van der Waals surface area (Å²) in [5.74, 6) is 0.00634. The molecule has 0 aromatic rings. The number of halogens is 1. The molecule has 0 saturated carbocycles. The smallest absolute Gasteiger partial charge is 0.170 e. The van der Waals surface area contributed by atoms with E-state index in [4.69, 9.17) is 4.74 Å². The van der Waals surface area contributed by atoms with E-state index in [1.807, 2.05) is 6.92 Å². The Kier molecular flexibility index (Phi) is 4.09. The fourth-order valence-corrected chi connectivity index (χ4v) is 0.528. The van der Waals surface area contributed by atoms with Crippen LogP contribution in [0.3, 0.4) is 0 Å². The molecule has 0 N–H and O–H groups in total. The average molecular weight is 181 g/mol. The molecule has 0 aromatic carbocycles. The first-order chi connectivity index (χ1) is 3.68. The van der Waals surface area contributed by atoms with Crippen LogP contribution in [0.2, 0.25) is 0 Å². The third kappa shape index (κ3) is 3.16. The fraction of sp³-hybridized carbons (Fsp3) is 0.800. The number of hydrogen-bond donors (Lipinski definition) is 0. The second-order valence-electron chi connectivity index (χ2n) is 1.38. The van der Waals surface area contributed by atoms with Crippen LogP contribution in [-0.4, -0.2) is 17.4 Å². The molecule has 1 unspecified atom stereocenters. The van der Waals surface area contributed by atoms with E-state index < -0.39 is 5.01 Å². The molecule has 0 heterocycles. The predicted octanol–water partition coefficient (Wildman–Crippen LogP) is 1.33. The van der Waals surface area contributed by atoms with E-state index >= 15 is 0 Å². The van der Waals surface area contributed by atoms with Gasteiger partial charge in [-0.15, -0.1) is 0 Å². The lowest BCUT2D eigenvalue weighted by molar-refractivity contribution is -0.122. The van der Waals surface area contributed by atoms with Gasteiger partial charge in [0, 0.05) is 6.61 Å². The van der Waals surface area contributed by atoms with Crippen LogP contribution in [0.15, 0.2) is 0 Å². The van der Waals surface area contributed by atoms with Gasteiger partial charge >= 0.3 is 0 Å². The molecule has 0 spiro atoms. The largest absolute Gasteiger partial charge is 0.359 e. The van der Waals surface area contributed by atoms with E-state index in [0.29, 0.717) is 6.61 Å². The number of rotatable bonds is 3. The molecular formula is C5H9BrO2. The zero-order valence-electron chi connectivity index (χ0n) is 4.98. The highest BCUT2D eigenvalue weighted by atomic mass is 79.9. The van der Waals surface area contributed by atoms with Crippen molar-refractivity contribution in [3.63, 3.8) is 0 Å². The SMILES string of the molecule is CCOC(Br)C(C)=O. The Morgan fingerprint density at radius 2 is 2.38 bits per heavy atom. The van der Waals surface area contributed by atoms with Crippen LogP contribution >= 0.6 is 15.9 Å². The predicted molar refractivity (Wildman–Crippen MR) is 35.0 cm³/mol. The summed E-state index contributed by atoms with van der Waals surface area (Å²) in [4.78, 5) is 10.4. The lowest BCUT2D eigenvalue weighted by Gasteiger charge is -2.02. The molecule has 0 aromatic heterocycles. The minimum Gasteiger partial charge on any atom is -0.359 e. The Morgan fingerprint density at radius 3 is 2.50 bits per heavy atom. The summed E-state index contributed by atoms with van der Waals surface area (Å²) in [5.41, 5.74) is 0. The normalized spacial score (nSPS) is 13.4. The molecule has 0 bridgehead atoms. The molecule has 2 nitrogen and oxygen atoms in total. The van der Waals surface area contributed by atoms with Crippen molar-refractivity contribution < 1.29 is 9.53 Å². The molecule has 8 heavy (non-hydrogen) atoms. The summed E-state index contributed by atoms with van der Waals surface area (Å²) in [6.45, 7) is 3.89. The van der Waals surface area contributed by atoms with Crippen molar-refractivity contribution in [1.29, 1.82) is 0 Å². The van der Waals surface area contributed by atoms with Crippen molar-refractivity contribution >= 4 is 21.7 Å². The summed E-state index contributed by atoms with van der Waals surface area (Å²) < 4.78 is 4.87. The average Bonchev–Trinajstić information content (AvgIpc) is 1.67. The minimum absolute atomic E-state index is 0.00634. The van der Waals surface area contributed by atoms with Crippen LogP contribution in [0, 0.1) is 0 Å². The van der Waals surface area contributed by atoms with Crippen molar-refractivity contribution in [2.45, 2.75) is 18.9 Å². The lowest BCUT2D eigenvalue weighted by Crippen LogP contribution is -2.13. The first kappa shape index (κ1) is 8.11. The number of carbonyl (C=O) groups excluding carboxylic acids is 1. The molecule has 1 atom stereocenters. The summed E-state index contributed by atoms with van der Waals surface area (Å²) >= 11 is 3.03. The number of ketones is 1. The van der Waals surface area contributed by atoms with Crippen LogP contribution < -0.4 is 0 Å². The van der Waals surface area contributed by atoms with Gasteiger partial charge in [-0.05, 0) is 29.8 Å². The van der Waals surface area contributed by atoms with Gasteiger partial charge in [-0.3, -0.25) is 4.79 Å². The second kappa shape index (κ2) is 4.04. The first-order valence-electron chi connectivity index (χ1n) is 2.44. The quantitative estimate of drug-likeness (QED) is 0.614. The molecule has 0 amide bonds. The Balaban J connectivity index is 3.32. The number of Topliss-reactive ketones (excluding diaryl/α,β-unsaturated/α-hetero) is 1. The molecule has 48 valence electrons. The lowest BCUT2D eigenvalue weighted by atomic mass is 10.5. The molecule has 0 rings (SSSR count). The van der Waals surface area contributed by atoms with Crippen LogP contribution in [0.1, 0.15) is 13.8 Å². The van der Waals surface area contributed by atoms with Crippen LogP contribution in [0.4, 0.5) is 0 Å². The number of hydrogen-bond acceptors (Lipinski definition) is 2. The Morgan fingerprint density at radius 1 is 1.88 bits per heavy atom. The summed E-state index contributed by atoms with van der Waals surface area (Å²) in [5, 5.41) is -0.410. The van der Waals surface area contributed by atoms with Gasteiger partial charge in [0.05, 0.1) is 0 Å². The highest BCUT2D eigenvalue weighted by Gasteiger charge is 2.06. The monoisotopic (exact) mass is 180 g/mol. The van der Waals surface area contributed by atoms with E-state index in [1.54, 1.807) is 0 Å². The fourth-order valence-electron chi connectivity index (χ4n) is 0.264. The Bertz CT molecular complexity index is 82.5. The van der Waals surface area contributed by atoms with E-state index in [2.05, 4.69) is 15.9 Å². The number of ether oxygens (including phenoxy) is 1. The van der Waals surface area contributed by atoms with Crippen LogP contribution in [0.25, 0.3) is 0 Å². The molecule has 0 aliphatic carbocycles. The standard InChI is InChI=1S/C5H9BrO2/c1-3-8-5(6)4(2)7/h5H,3H2,1-2H3. The zero-order chi connectivity index (χ0) is 6.57. The second-order valence-corrected chi connectivity index (χ2v) is 2.21. The molecule has 0 aliphatic rings. The summed E-state index contributed by atoms with van der Waals surface area (Å²) in [6, 6.07) is 0. The van der Waals surface area contributed by atoms with E-state index in [-0.39, 0.29) is 5.78 Å². The maximum Gasteiger partial charge on any atom is 0.170 e. The molecule has 0 saturated heterocycles. The van der Waals surface area contributed by atoms with Crippen LogP contribution in [0.5, 0.6) is 0 Å².